The fraction of sp³-hybridized carbons (Fsp3) is 0.238. The van der Waals surface area contributed by atoms with E-state index in [1.165, 1.54) is 12.4 Å². The number of fused-ring (bicyclic) bond motifs is 1. The summed E-state index contributed by atoms with van der Waals surface area (Å²) < 4.78 is 27.1. The van der Waals surface area contributed by atoms with Gasteiger partial charge in [-0.2, -0.15) is 0 Å². The van der Waals surface area contributed by atoms with Crippen molar-refractivity contribution in [2.75, 3.05) is 18.0 Å². The molecule has 2 aromatic carbocycles. The Kier molecular flexibility index (Phi) is 6.51. The molecule has 1 unspecified atom stereocenters. The van der Waals surface area contributed by atoms with Crippen molar-refractivity contribution in [1.29, 1.82) is 0 Å². The molecule has 1 aromatic heterocycles. The minimum absolute atomic E-state index is 0.250. The number of carbonyl (C=O) groups is 2. The first kappa shape index (κ1) is 21.1. The minimum Gasteiger partial charge on any atom is -0.483 e. The van der Waals surface area contributed by atoms with E-state index in [-0.39, 0.29) is 6.47 Å². The number of aliphatic carboxylic acids is 1. The van der Waals surface area contributed by atoms with Gasteiger partial charge in [-0.15, -0.1) is 0 Å². The van der Waals surface area contributed by atoms with E-state index in [9.17, 15) is 18.7 Å². The maximum atomic E-state index is 13.8. The molecule has 7 nitrogen and oxygen atoms in total. The second kappa shape index (κ2) is 9.25. The van der Waals surface area contributed by atoms with E-state index < -0.39 is 23.5 Å². The van der Waals surface area contributed by atoms with E-state index in [2.05, 4.69) is 9.97 Å². The van der Waals surface area contributed by atoms with Gasteiger partial charge in [0.15, 0.2) is 11.6 Å². The van der Waals surface area contributed by atoms with Gasteiger partial charge in [-0.05, 0) is 42.2 Å². The number of piperidine rings is 1. The molecule has 1 aliphatic rings. The topological polar surface area (TPSA) is 104 Å². The monoisotopic (exact) mass is 415 g/mol. The summed E-state index contributed by atoms with van der Waals surface area (Å²) >= 11 is 0. The van der Waals surface area contributed by atoms with E-state index >= 15 is 0 Å². The number of rotatable bonds is 3. The Morgan fingerprint density at radius 1 is 1.17 bits per heavy atom. The maximum Gasteiger partial charge on any atom is 0.308 e. The first-order valence-electron chi connectivity index (χ1n) is 9.21. The van der Waals surface area contributed by atoms with Crippen LogP contribution in [0.25, 0.3) is 22.0 Å². The number of halogens is 2. The highest BCUT2D eigenvalue weighted by Gasteiger charge is 2.27. The minimum atomic E-state index is -0.924. The molecule has 0 aliphatic carbocycles. The van der Waals surface area contributed by atoms with Crippen molar-refractivity contribution in [1.82, 2.24) is 9.97 Å². The maximum absolute atomic E-state index is 13.8. The van der Waals surface area contributed by atoms with Crippen molar-refractivity contribution in [2.45, 2.75) is 12.8 Å². The van der Waals surface area contributed by atoms with E-state index in [1.807, 2.05) is 11.0 Å². The second-order valence-corrected chi connectivity index (χ2v) is 6.75. The molecule has 9 heteroatoms. The van der Waals surface area contributed by atoms with Gasteiger partial charge in [-0.3, -0.25) is 9.59 Å². The quantitative estimate of drug-likeness (QED) is 0.630. The summed E-state index contributed by atoms with van der Waals surface area (Å²) in [6.45, 7) is 0.787. The van der Waals surface area contributed by atoms with Crippen molar-refractivity contribution in [2.24, 2.45) is 5.92 Å². The van der Waals surface area contributed by atoms with Gasteiger partial charge in [0.1, 0.15) is 12.1 Å². The van der Waals surface area contributed by atoms with Crippen LogP contribution in [0, 0.1) is 17.6 Å². The lowest BCUT2D eigenvalue weighted by Gasteiger charge is -2.32. The lowest BCUT2D eigenvalue weighted by Crippen LogP contribution is -2.39. The van der Waals surface area contributed by atoms with Crippen LogP contribution in [0.15, 0.2) is 42.7 Å². The highest BCUT2D eigenvalue weighted by molar-refractivity contribution is 6.02. The van der Waals surface area contributed by atoms with Crippen LogP contribution in [0.2, 0.25) is 0 Å². The van der Waals surface area contributed by atoms with Crippen LogP contribution in [-0.4, -0.2) is 45.7 Å². The number of carboxylic acid groups (broad SMARTS) is 2. The molecule has 2 heterocycles. The molecular weight excluding hydrogens is 396 g/mol. The zero-order chi connectivity index (χ0) is 21.7. The fourth-order valence-electron chi connectivity index (χ4n) is 3.61. The Hall–Kier alpha value is -3.62. The third kappa shape index (κ3) is 4.35. The molecule has 0 saturated carbocycles. The summed E-state index contributed by atoms with van der Waals surface area (Å²) in [6.07, 6.45) is 2.82. The first-order chi connectivity index (χ1) is 14.5. The van der Waals surface area contributed by atoms with Crippen LogP contribution in [0.5, 0.6) is 0 Å². The molecule has 156 valence electrons. The molecular formula is C21H19F2N3O4. The van der Waals surface area contributed by atoms with Crippen LogP contribution >= 0.6 is 0 Å². The molecule has 30 heavy (non-hydrogen) atoms. The van der Waals surface area contributed by atoms with Gasteiger partial charge in [-0.25, -0.2) is 18.7 Å². The van der Waals surface area contributed by atoms with Crippen molar-refractivity contribution < 1.29 is 28.6 Å². The molecule has 0 radical (unpaired) electrons. The summed E-state index contributed by atoms with van der Waals surface area (Å²) in [5.41, 5.74) is 1.86. The summed E-state index contributed by atoms with van der Waals surface area (Å²) in [4.78, 5) is 30.4. The molecule has 0 spiro atoms. The normalized spacial score (nSPS) is 15.9. The number of anilines is 1. The highest BCUT2D eigenvalue weighted by atomic mass is 19.2. The van der Waals surface area contributed by atoms with E-state index in [0.717, 1.165) is 18.6 Å². The fourth-order valence-corrected chi connectivity index (χ4v) is 3.61. The Morgan fingerprint density at radius 2 is 1.93 bits per heavy atom. The van der Waals surface area contributed by atoms with Gasteiger partial charge in [0.2, 0.25) is 0 Å². The van der Waals surface area contributed by atoms with E-state index in [1.54, 1.807) is 12.1 Å². The van der Waals surface area contributed by atoms with Crippen LogP contribution < -0.4 is 4.90 Å². The zero-order valence-electron chi connectivity index (χ0n) is 15.8. The number of nitrogens with zero attached hydrogens (tertiary/aromatic N) is 3. The summed E-state index contributed by atoms with van der Waals surface area (Å²) in [7, 11) is 0. The van der Waals surface area contributed by atoms with E-state index in [4.69, 9.17) is 9.90 Å². The van der Waals surface area contributed by atoms with Crippen LogP contribution in [0.3, 0.4) is 0 Å². The van der Waals surface area contributed by atoms with Crippen molar-refractivity contribution in [3.05, 3.63) is 54.4 Å². The van der Waals surface area contributed by atoms with Gasteiger partial charge in [0.25, 0.3) is 6.47 Å². The average molecular weight is 415 g/mol. The van der Waals surface area contributed by atoms with Gasteiger partial charge in [-0.1, -0.05) is 18.2 Å². The average Bonchev–Trinajstić information content (AvgIpc) is 2.75. The van der Waals surface area contributed by atoms with Crippen LogP contribution in [-0.2, 0) is 9.59 Å². The summed E-state index contributed by atoms with van der Waals surface area (Å²) in [5, 5.41) is 17.0. The molecule has 3 aromatic rings. The predicted molar refractivity (Wildman–Crippen MR) is 106 cm³/mol. The smallest absolute Gasteiger partial charge is 0.308 e. The van der Waals surface area contributed by atoms with Crippen molar-refractivity contribution >= 4 is 29.2 Å². The first-order valence-corrected chi connectivity index (χ1v) is 9.21. The SMILES string of the molecule is O=C(O)C1CCCN(c2ncnc3cccc(-c4ccc(F)c(F)c4)c23)C1.O=CO. The summed E-state index contributed by atoms with van der Waals surface area (Å²) in [6, 6.07) is 9.18. The predicted octanol–water partition coefficient (Wildman–Crippen LogP) is 3.58. The standard InChI is InChI=1S/C20H17F2N3O2.CH2O2/c21-15-7-6-12(9-16(15)22)14-4-1-5-17-18(14)19(24-11-23-17)25-8-2-3-13(10-25)20(26)27;2-1-3/h1,4-7,9,11,13H,2-3,8,10H2,(H,26,27);1H,(H,2,3). The Balaban J connectivity index is 0.000000806. The lowest BCUT2D eigenvalue weighted by atomic mass is 9.96. The van der Waals surface area contributed by atoms with Crippen molar-refractivity contribution in [3.63, 3.8) is 0 Å². The molecule has 2 N–H and O–H groups in total. The molecule has 0 amide bonds. The van der Waals surface area contributed by atoms with Gasteiger partial charge in [0, 0.05) is 13.1 Å². The van der Waals surface area contributed by atoms with Gasteiger partial charge >= 0.3 is 5.97 Å². The molecule has 4 rings (SSSR count). The lowest BCUT2D eigenvalue weighted by molar-refractivity contribution is -0.142. The molecule has 1 atom stereocenters. The Bertz CT molecular complexity index is 1070. The summed E-state index contributed by atoms with van der Waals surface area (Å²) in [5.74, 6) is -2.49. The van der Waals surface area contributed by atoms with Crippen molar-refractivity contribution in [3.8, 4) is 11.1 Å². The Labute approximate surface area is 170 Å². The molecule has 1 fully saturated rings. The number of hydrogen-bond donors (Lipinski definition) is 2. The third-order valence-corrected chi connectivity index (χ3v) is 4.94. The van der Waals surface area contributed by atoms with E-state index in [0.29, 0.717) is 47.4 Å². The Morgan fingerprint density at radius 3 is 2.63 bits per heavy atom. The number of hydrogen-bond acceptors (Lipinski definition) is 5. The highest BCUT2D eigenvalue weighted by Crippen LogP contribution is 2.35. The van der Waals surface area contributed by atoms with Crippen LogP contribution in [0.1, 0.15) is 12.8 Å². The second-order valence-electron chi connectivity index (χ2n) is 6.75. The molecule has 1 saturated heterocycles. The molecule has 0 bridgehead atoms. The number of aromatic nitrogens is 2. The largest absolute Gasteiger partial charge is 0.483 e. The van der Waals surface area contributed by atoms with Gasteiger partial charge in [0.05, 0.1) is 16.8 Å². The molecule has 1 aliphatic heterocycles. The third-order valence-electron chi connectivity index (χ3n) is 4.94. The number of carboxylic acids is 1. The van der Waals surface area contributed by atoms with Crippen LogP contribution in [0.4, 0.5) is 14.6 Å². The number of benzene rings is 2. The zero-order valence-corrected chi connectivity index (χ0v) is 15.8. The van der Waals surface area contributed by atoms with Gasteiger partial charge < -0.3 is 15.1 Å².